The van der Waals surface area contributed by atoms with E-state index in [-0.39, 0.29) is 6.10 Å². The molecule has 0 saturated carbocycles. The van der Waals surface area contributed by atoms with E-state index in [1.165, 1.54) is 0 Å². The van der Waals surface area contributed by atoms with Crippen molar-refractivity contribution in [2.75, 3.05) is 32.2 Å². The van der Waals surface area contributed by atoms with Crippen LogP contribution in [0.3, 0.4) is 0 Å². The fourth-order valence-electron chi connectivity index (χ4n) is 3.29. The number of para-hydroxylation sites is 1. The maximum absolute atomic E-state index is 5.86. The van der Waals surface area contributed by atoms with Gasteiger partial charge in [0.05, 0.1) is 19.8 Å². The summed E-state index contributed by atoms with van der Waals surface area (Å²) < 4.78 is 17.0. The normalized spacial score (nSPS) is 15.9. The molecule has 1 fully saturated rings. The number of rotatable bonds is 8. The molecule has 3 rings (SSSR count). The van der Waals surface area contributed by atoms with Gasteiger partial charge in [0.1, 0.15) is 11.5 Å². The number of anilines is 1. The van der Waals surface area contributed by atoms with Crippen LogP contribution in [0.5, 0.6) is 11.5 Å². The monoisotopic (exact) mass is 400 g/mol. The van der Waals surface area contributed by atoms with Crippen LogP contribution in [0.1, 0.15) is 25.3 Å². The van der Waals surface area contributed by atoms with Gasteiger partial charge in [-0.15, -0.1) is 0 Å². The Balaban J connectivity index is 1.76. The summed E-state index contributed by atoms with van der Waals surface area (Å²) >= 11 is 5.76. The van der Waals surface area contributed by atoms with E-state index in [9.17, 15) is 0 Å². The molecule has 0 aliphatic carbocycles. The van der Waals surface area contributed by atoms with Gasteiger partial charge in [0, 0.05) is 37.0 Å². The Morgan fingerprint density at radius 1 is 1.25 bits per heavy atom. The highest BCUT2D eigenvalue weighted by Crippen LogP contribution is 2.23. The summed E-state index contributed by atoms with van der Waals surface area (Å²) in [5, 5.41) is 4.01. The van der Waals surface area contributed by atoms with E-state index in [4.69, 9.17) is 26.4 Å². The summed E-state index contributed by atoms with van der Waals surface area (Å²) in [4.78, 5) is 2.16. The quantitative estimate of drug-likeness (QED) is 0.660. The minimum absolute atomic E-state index is 0.198. The third-order valence-corrected chi connectivity index (χ3v) is 5.05. The average Bonchev–Trinajstić information content (AvgIpc) is 3.22. The summed E-state index contributed by atoms with van der Waals surface area (Å²) in [5.41, 5.74) is 2.01. The van der Waals surface area contributed by atoms with Crippen molar-refractivity contribution in [1.29, 1.82) is 0 Å². The molecule has 0 spiro atoms. The zero-order valence-corrected chi connectivity index (χ0v) is 17.3. The molecule has 1 saturated heterocycles. The lowest BCUT2D eigenvalue weighted by Crippen LogP contribution is -2.39. The van der Waals surface area contributed by atoms with Crippen LogP contribution in [-0.4, -0.2) is 43.0 Å². The maximum atomic E-state index is 5.86. The first-order valence-electron chi connectivity index (χ1n) is 9.72. The Hall–Kier alpha value is -2.31. The molecule has 28 heavy (non-hydrogen) atoms. The first-order chi connectivity index (χ1) is 13.7. The molecule has 5 nitrogen and oxygen atoms in total. The minimum Gasteiger partial charge on any atom is -0.497 e. The lowest BCUT2D eigenvalue weighted by atomic mass is 10.1. The van der Waals surface area contributed by atoms with Crippen LogP contribution < -0.4 is 14.8 Å². The van der Waals surface area contributed by atoms with E-state index >= 15 is 0 Å². The van der Waals surface area contributed by atoms with Gasteiger partial charge in [-0.1, -0.05) is 24.3 Å². The number of benzene rings is 2. The molecule has 1 heterocycles. The van der Waals surface area contributed by atoms with Gasteiger partial charge in [-0.05, 0) is 50.2 Å². The largest absolute Gasteiger partial charge is 0.497 e. The van der Waals surface area contributed by atoms with E-state index < -0.39 is 0 Å². The predicted molar refractivity (Wildman–Crippen MR) is 116 cm³/mol. The molecule has 0 radical (unpaired) electrons. The van der Waals surface area contributed by atoms with Gasteiger partial charge in [-0.2, -0.15) is 0 Å². The van der Waals surface area contributed by atoms with Crippen molar-refractivity contribution in [3.05, 3.63) is 54.1 Å². The molecule has 1 atom stereocenters. The molecule has 0 bridgehead atoms. The van der Waals surface area contributed by atoms with Crippen LogP contribution >= 0.6 is 12.2 Å². The van der Waals surface area contributed by atoms with Gasteiger partial charge in [-0.3, -0.25) is 0 Å². The number of ether oxygens (including phenoxy) is 3. The first kappa shape index (κ1) is 20.4. The van der Waals surface area contributed by atoms with Crippen LogP contribution in [0.15, 0.2) is 48.5 Å². The second-order valence-electron chi connectivity index (χ2n) is 6.72. The Morgan fingerprint density at radius 3 is 2.86 bits per heavy atom. The van der Waals surface area contributed by atoms with Crippen molar-refractivity contribution in [2.45, 2.75) is 32.4 Å². The van der Waals surface area contributed by atoms with Gasteiger partial charge in [0.15, 0.2) is 5.11 Å². The number of methoxy groups -OCH3 is 1. The fourth-order valence-corrected chi connectivity index (χ4v) is 3.55. The molecular weight excluding hydrogens is 372 g/mol. The van der Waals surface area contributed by atoms with Crippen molar-refractivity contribution < 1.29 is 14.2 Å². The van der Waals surface area contributed by atoms with E-state index in [0.717, 1.165) is 48.7 Å². The molecule has 1 unspecified atom stereocenters. The van der Waals surface area contributed by atoms with E-state index in [0.29, 0.717) is 18.3 Å². The highest BCUT2D eigenvalue weighted by atomic mass is 32.1. The topological polar surface area (TPSA) is 43.0 Å². The van der Waals surface area contributed by atoms with Crippen molar-refractivity contribution >= 4 is 23.0 Å². The van der Waals surface area contributed by atoms with Gasteiger partial charge in [0.2, 0.25) is 0 Å². The van der Waals surface area contributed by atoms with E-state index in [1.54, 1.807) is 7.11 Å². The molecule has 1 aliphatic rings. The second-order valence-corrected chi connectivity index (χ2v) is 7.11. The van der Waals surface area contributed by atoms with Crippen molar-refractivity contribution in [2.24, 2.45) is 0 Å². The van der Waals surface area contributed by atoms with E-state index in [1.807, 2.05) is 49.4 Å². The lowest BCUT2D eigenvalue weighted by molar-refractivity contribution is 0.0903. The Kier molecular flexibility index (Phi) is 7.51. The SMILES string of the molecule is CCOc1ccccc1CN(CC1CCCO1)C(=S)Nc1cccc(OC)c1. The van der Waals surface area contributed by atoms with Gasteiger partial charge >= 0.3 is 0 Å². The third-order valence-electron chi connectivity index (χ3n) is 4.69. The van der Waals surface area contributed by atoms with Crippen LogP contribution in [0, 0.1) is 0 Å². The third kappa shape index (κ3) is 5.59. The Labute approximate surface area is 172 Å². The van der Waals surface area contributed by atoms with Gasteiger partial charge in [-0.25, -0.2) is 0 Å². The highest BCUT2D eigenvalue weighted by Gasteiger charge is 2.22. The molecular formula is C22H28N2O3S. The summed E-state index contributed by atoms with van der Waals surface area (Å²) in [6.45, 7) is 4.86. The molecule has 6 heteroatoms. The summed E-state index contributed by atoms with van der Waals surface area (Å²) in [7, 11) is 1.66. The maximum Gasteiger partial charge on any atom is 0.173 e. The van der Waals surface area contributed by atoms with Gasteiger partial charge in [0.25, 0.3) is 0 Å². The second kappa shape index (κ2) is 10.3. The highest BCUT2D eigenvalue weighted by molar-refractivity contribution is 7.80. The van der Waals surface area contributed by atoms with Crippen LogP contribution in [0.4, 0.5) is 5.69 Å². The zero-order valence-electron chi connectivity index (χ0n) is 16.5. The average molecular weight is 401 g/mol. The zero-order chi connectivity index (χ0) is 19.8. The van der Waals surface area contributed by atoms with Gasteiger partial charge < -0.3 is 24.4 Å². The Bertz CT molecular complexity index is 778. The van der Waals surface area contributed by atoms with Crippen molar-refractivity contribution in [3.63, 3.8) is 0 Å². The van der Waals surface area contributed by atoms with E-state index in [2.05, 4.69) is 16.3 Å². The molecule has 0 amide bonds. The van der Waals surface area contributed by atoms with Crippen LogP contribution in [-0.2, 0) is 11.3 Å². The van der Waals surface area contributed by atoms with Crippen molar-refractivity contribution in [1.82, 2.24) is 4.90 Å². The van der Waals surface area contributed by atoms with Crippen molar-refractivity contribution in [3.8, 4) is 11.5 Å². The molecule has 150 valence electrons. The minimum atomic E-state index is 0.198. The number of nitrogens with zero attached hydrogens (tertiary/aromatic N) is 1. The van der Waals surface area contributed by atoms with Crippen LogP contribution in [0.2, 0.25) is 0 Å². The summed E-state index contributed by atoms with van der Waals surface area (Å²) in [6, 6.07) is 15.9. The predicted octanol–water partition coefficient (Wildman–Crippen LogP) is 4.47. The molecule has 1 N–H and O–H groups in total. The smallest absolute Gasteiger partial charge is 0.173 e. The summed E-state index contributed by atoms with van der Waals surface area (Å²) in [6.07, 6.45) is 2.36. The molecule has 1 aliphatic heterocycles. The number of thiocarbonyl (C=S) groups is 1. The number of hydrogen-bond donors (Lipinski definition) is 1. The lowest BCUT2D eigenvalue weighted by Gasteiger charge is -2.29. The fraction of sp³-hybridized carbons (Fsp3) is 0.409. The Morgan fingerprint density at radius 2 is 2.11 bits per heavy atom. The summed E-state index contributed by atoms with van der Waals surface area (Å²) in [5.74, 6) is 1.69. The first-order valence-corrected chi connectivity index (χ1v) is 10.1. The van der Waals surface area contributed by atoms with Crippen LogP contribution in [0.25, 0.3) is 0 Å². The molecule has 0 aromatic heterocycles. The molecule has 2 aromatic carbocycles. The standard InChI is InChI=1S/C22H28N2O3S/c1-3-26-21-12-5-4-8-17(21)15-24(16-20-11-7-13-27-20)22(28)23-18-9-6-10-19(14-18)25-2/h4-6,8-10,12,14,20H,3,7,11,13,15-16H2,1-2H3,(H,23,28). The number of hydrogen-bond acceptors (Lipinski definition) is 4. The molecule has 2 aromatic rings. The number of nitrogens with one attached hydrogen (secondary N) is 1.